The molecule has 0 fully saturated rings. The van der Waals surface area contributed by atoms with Crippen molar-refractivity contribution >= 4 is 51.7 Å². The van der Waals surface area contributed by atoms with E-state index in [1.807, 2.05) is 13.8 Å². The predicted octanol–water partition coefficient (Wildman–Crippen LogP) is 3.54. The summed E-state index contributed by atoms with van der Waals surface area (Å²) in [4.78, 5) is 37.6. The molecular formula is C18H23N3O5S2. The van der Waals surface area contributed by atoms with Gasteiger partial charge >= 0.3 is 5.97 Å². The summed E-state index contributed by atoms with van der Waals surface area (Å²) in [7, 11) is 0. The molecule has 2 N–H and O–H groups in total. The molecule has 152 valence electrons. The Hall–Kier alpha value is -2.33. The fourth-order valence-electron chi connectivity index (χ4n) is 2.26. The van der Waals surface area contributed by atoms with E-state index < -0.39 is 11.2 Å². The minimum absolute atomic E-state index is 0.0602. The molecule has 1 unspecified atom stereocenters. The lowest BCUT2D eigenvalue weighted by Gasteiger charge is -2.11. The van der Waals surface area contributed by atoms with Gasteiger partial charge in [-0.05, 0) is 40.2 Å². The first-order valence-electron chi connectivity index (χ1n) is 8.65. The summed E-state index contributed by atoms with van der Waals surface area (Å²) in [5.74, 6) is -0.0419. The number of aromatic nitrogens is 1. The molecule has 0 aliphatic rings. The summed E-state index contributed by atoms with van der Waals surface area (Å²) < 4.78 is 9.97. The molecule has 1 atom stereocenters. The van der Waals surface area contributed by atoms with Crippen LogP contribution in [0.1, 0.15) is 40.4 Å². The van der Waals surface area contributed by atoms with Crippen molar-refractivity contribution in [3.8, 4) is 0 Å². The van der Waals surface area contributed by atoms with Crippen LogP contribution in [0.4, 0.5) is 10.8 Å². The van der Waals surface area contributed by atoms with Crippen LogP contribution in [0.15, 0.2) is 10.6 Å². The molecule has 0 aliphatic carbocycles. The van der Waals surface area contributed by atoms with E-state index >= 15 is 0 Å². The standard InChI is InChI=1S/C18H23N3O5S2/c1-6-25-18(24)15-10(3)11(4)28-17(15)20-14(22)8-27-12(5)16(23)19-13-7-9(2)26-21-13/h7,12H,6,8H2,1-5H3,(H,20,22)(H,19,21,23). The number of nitrogens with one attached hydrogen (secondary N) is 2. The summed E-state index contributed by atoms with van der Waals surface area (Å²) in [5, 5.41) is 9.08. The van der Waals surface area contributed by atoms with Crippen molar-refractivity contribution in [1.29, 1.82) is 0 Å². The van der Waals surface area contributed by atoms with Gasteiger partial charge in [-0.1, -0.05) is 5.16 Å². The maximum Gasteiger partial charge on any atom is 0.341 e. The van der Waals surface area contributed by atoms with Gasteiger partial charge in [-0.2, -0.15) is 0 Å². The van der Waals surface area contributed by atoms with Gasteiger partial charge in [0, 0.05) is 10.9 Å². The summed E-state index contributed by atoms with van der Waals surface area (Å²) in [6.07, 6.45) is 0. The molecule has 28 heavy (non-hydrogen) atoms. The molecule has 2 aromatic rings. The van der Waals surface area contributed by atoms with Crippen molar-refractivity contribution in [1.82, 2.24) is 5.16 Å². The van der Waals surface area contributed by atoms with Gasteiger partial charge < -0.3 is 19.9 Å². The highest BCUT2D eigenvalue weighted by Crippen LogP contribution is 2.33. The number of hydrogen-bond donors (Lipinski definition) is 2. The highest BCUT2D eigenvalue weighted by Gasteiger charge is 2.23. The molecule has 2 amide bonds. The second kappa shape index (κ2) is 9.74. The normalized spacial score (nSPS) is 11.8. The number of ether oxygens (including phenoxy) is 1. The minimum Gasteiger partial charge on any atom is -0.462 e. The summed E-state index contributed by atoms with van der Waals surface area (Å²) in [6.45, 7) is 9.11. The zero-order chi connectivity index (χ0) is 20.8. The van der Waals surface area contributed by atoms with E-state index in [0.29, 0.717) is 22.1 Å². The number of esters is 1. The third-order valence-electron chi connectivity index (χ3n) is 3.83. The maximum absolute atomic E-state index is 12.3. The Balaban J connectivity index is 1.92. The molecule has 10 heteroatoms. The summed E-state index contributed by atoms with van der Waals surface area (Å²) in [5.41, 5.74) is 1.18. The fraction of sp³-hybridized carbons (Fsp3) is 0.444. The number of carbonyl (C=O) groups is 3. The smallest absolute Gasteiger partial charge is 0.341 e. The molecule has 2 aromatic heterocycles. The average molecular weight is 426 g/mol. The lowest BCUT2D eigenvalue weighted by atomic mass is 10.1. The van der Waals surface area contributed by atoms with Gasteiger partial charge in [0.1, 0.15) is 10.8 Å². The number of thiophene rings is 1. The van der Waals surface area contributed by atoms with Crippen LogP contribution >= 0.6 is 23.1 Å². The van der Waals surface area contributed by atoms with Crippen LogP contribution < -0.4 is 10.6 Å². The lowest BCUT2D eigenvalue weighted by Crippen LogP contribution is -2.25. The molecule has 0 spiro atoms. The maximum atomic E-state index is 12.3. The summed E-state index contributed by atoms with van der Waals surface area (Å²) >= 11 is 2.51. The topological polar surface area (TPSA) is 111 Å². The van der Waals surface area contributed by atoms with Crippen molar-refractivity contribution in [3.05, 3.63) is 27.8 Å². The predicted molar refractivity (Wildman–Crippen MR) is 110 cm³/mol. The van der Waals surface area contributed by atoms with Gasteiger partial charge in [0.05, 0.1) is 23.2 Å². The van der Waals surface area contributed by atoms with Crippen LogP contribution in [0.25, 0.3) is 0 Å². The van der Waals surface area contributed by atoms with E-state index in [4.69, 9.17) is 9.26 Å². The number of anilines is 2. The van der Waals surface area contributed by atoms with Crippen LogP contribution in [0.2, 0.25) is 0 Å². The Bertz CT molecular complexity index is 875. The monoisotopic (exact) mass is 425 g/mol. The average Bonchev–Trinajstić information content (AvgIpc) is 3.15. The zero-order valence-corrected chi connectivity index (χ0v) is 18.0. The Labute approximate surface area is 171 Å². The van der Waals surface area contributed by atoms with Crippen molar-refractivity contribution in [2.45, 2.75) is 39.9 Å². The van der Waals surface area contributed by atoms with Crippen LogP contribution in [0.3, 0.4) is 0 Å². The molecule has 0 bridgehead atoms. The van der Waals surface area contributed by atoms with E-state index in [0.717, 1.165) is 10.4 Å². The molecule has 2 heterocycles. The Morgan fingerprint density at radius 3 is 2.61 bits per heavy atom. The van der Waals surface area contributed by atoms with Crippen LogP contribution in [-0.2, 0) is 14.3 Å². The molecule has 0 radical (unpaired) electrons. The van der Waals surface area contributed by atoms with Gasteiger partial charge in [-0.15, -0.1) is 23.1 Å². The van der Waals surface area contributed by atoms with Crippen LogP contribution in [-0.4, -0.2) is 40.6 Å². The highest BCUT2D eigenvalue weighted by molar-refractivity contribution is 8.01. The van der Waals surface area contributed by atoms with Gasteiger partial charge in [-0.3, -0.25) is 9.59 Å². The first kappa shape index (κ1) is 22.0. The van der Waals surface area contributed by atoms with Gasteiger partial charge in [0.2, 0.25) is 11.8 Å². The second-order valence-corrected chi connectivity index (χ2v) is 8.58. The molecule has 8 nitrogen and oxygen atoms in total. The van der Waals surface area contributed by atoms with Gasteiger partial charge in [0.15, 0.2) is 5.82 Å². The third kappa shape index (κ3) is 5.59. The molecule has 0 aliphatic heterocycles. The second-order valence-electron chi connectivity index (χ2n) is 6.02. The number of nitrogens with zero attached hydrogens (tertiary/aromatic N) is 1. The summed E-state index contributed by atoms with van der Waals surface area (Å²) in [6, 6.07) is 1.61. The number of hydrogen-bond acceptors (Lipinski definition) is 8. The number of carbonyl (C=O) groups excluding carboxylic acids is 3. The van der Waals surface area contributed by atoms with E-state index in [-0.39, 0.29) is 24.2 Å². The van der Waals surface area contributed by atoms with E-state index in [1.165, 1.54) is 23.1 Å². The van der Waals surface area contributed by atoms with E-state index in [2.05, 4.69) is 15.8 Å². The molecular weight excluding hydrogens is 402 g/mol. The third-order valence-corrected chi connectivity index (χ3v) is 6.10. The quantitative estimate of drug-likeness (QED) is 0.622. The molecule has 2 rings (SSSR count). The van der Waals surface area contributed by atoms with Crippen molar-refractivity contribution in [2.24, 2.45) is 0 Å². The number of rotatable bonds is 8. The van der Waals surface area contributed by atoms with Gasteiger partial charge in [-0.25, -0.2) is 4.79 Å². The van der Waals surface area contributed by atoms with E-state index in [1.54, 1.807) is 26.8 Å². The van der Waals surface area contributed by atoms with Crippen LogP contribution in [0, 0.1) is 20.8 Å². The molecule has 0 saturated heterocycles. The molecule has 0 aromatic carbocycles. The zero-order valence-electron chi connectivity index (χ0n) is 16.4. The van der Waals surface area contributed by atoms with Crippen molar-refractivity contribution < 1.29 is 23.6 Å². The largest absolute Gasteiger partial charge is 0.462 e. The SMILES string of the molecule is CCOC(=O)c1c(NC(=O)CSC(C)C(=O)Nc2cc(C)on2)sc(C)c1C. The minimum atomic E-state index is -0.473. The van der Waals surface area contributed by atoms with Crippen molar-refractivity contribution in [3.63, 3.8) is 0 Å². The van der Waals surface area contributed by atoms with Crippen LogP contribution in [0.5, 0.6) is 0 Å². The first-order chi connectivity index (χ1) is 13.2. The highest BCUT2D eigenvalue weighted by atomic mass is 32.2. The first-order valence-corrected chi connectivity index (χ1v) is 10.5. The Morgan fingerprint density at radius 2 is 2.00 bits per heavy atom. The van der Waals surface area contributed by atoms with Gasteiger partial charge in [0.25, 0.3) is 0 Å². The lowest BCUT2D eigenvalue weighted by molar-refractivity contribution is -0.115. The number of aryl methyl sites for hydroxylation is 2. The number of thioether (sulfide) groups is 1. The molecule has 0 saturated carbocycles. The Morgan fingerprint density at radius 1 is 1.29 bits per heavy atom. The Kier molecular flexibility index (Phi) is 7.64. The number of amides is 2. The van der Waals surface area contributed by atoms with Crippen molar-refractivity contribution in [2.75, 3.05) is 23.0 Å². The van der Waals surface area contributed by atoms with E-state index in [9.17, 15) is 14.4 Å². The fourth-order valence-corrected chi connectivity index (χ4v) is 4.00.